The number of nitrogens with two attached hydrogens (primary N) is 1. The van der Waals surface area contributed by atoms with E-state index in [0.29, 0.717) is 26.2 Å². The molecule has 1 aliphatic heterocycles. The number of hydrogen-bond acceptors (Lipinski definition) is 7. The summed E-state index contributed by atoms with van der Waals surface area (Å²) in [4.78, 5) is 21.3. The number of hydrogen-bond donors (Lipinski definition) is 2. The van der Waals surface area contributed by atoms with Gasteiger partial charge in [-0.15, -0.1) is 0 Å². The second kappa shape index (κ2) is 12.5. The number of benzene rings is 2. The lowest BCUT2D eigenvalue weighted by molar-refractivity contribution is -0.258. The topological polar surface area (TPSA) is 91.9 Å². The zero-order valence-electron chi connectivity index (χ0n) is 22.7. The van der Waals surface area contributed by atoms with Gasteiger partial charge in [0.1, 0.15) is 12.6 Å². The number of aromatic nitrogens is 1. The Labute approximate surface area is 232 Å². The minimum atomic E-state index is -4.77. The van der Waals surface area contributed by atoms with Crippen molar-refractivity contribution in [3.05, 3.63) is 89.2 Å². The summed E-state index contributed by atoms with van der Waals surface area (Å²) in [5, 5.41) is 9.95. The number of aliphatic hydroxyl groups is 1. The number of halogens is 3. The Morgan fingerprint density at radius 1 is 1.05 bits per heavy atom. The summed E-state index contributed by atoms with van der Waals surface area (Å²) in [5.41, 5.74) is 7.19. The third kappa shape index (κ3) is 6.87. The van der Waals surface area contributed by atoms with Gasteiger partial charge in [-0.25, -0.2) is 0 Å². The molecule has 1 aliphatic rings. The quantitative estimate of drug-likeness (QED) is 0.385. The van der Waals surface area contributed by atoms with Crippen LogP contribution in [-0.4, -0.2) is 70.9 Å². The lowest BCUT2D eigenvalue weighted by Crippen LogP contribution is -2.56. The van der Waals surface area contributed by atoms with Gasteiger partial charge in [0.25, 0.3) is 0 Å². The van der Waals surface area contributed by atoms with Crippen LogP contribution >= 0.6 is 0 Å². The van der Waals surface area contributed by atoms with Gasteiger partial charge in [-0.2, -0.15) is 13.2 Å². The molecule has 0 aliphatic carbocycles. The first kappa shape index (κ1) is 29.7. The van der Waals surface area contributed by atoms with Crippen LogP contribution in [0.2, 0.25) is 0 Å². The standard InChI is InChI=1S/C30H35F3N4O3/c1-21-17-23(3-8-26(21)24-4-6-25(7-5-24)29(2,39)30(31,32)33)18-36-14-15-37(19-22-9-12-35-13-10-22)27(20-36)28(38)40-16-11-34/h3-10,12-13,17,27,39H,11,14-16,18-20,34H2,1-2H3/t27-,29?/m0/s1. The molecule has 1 unspecified atom stereocenters. The number of pyridine rings is 1. The van der Waals surface area contributed by atoms with Crippen molar-refractivity contribution in [3.63, 3.8) is 0 Å². The van der Waals surface area contributed by atoms with Gasteiger partial charge >= 0.3 is 12.1 Å². The van der Waals surface area contributed by atoms with E-state index >= 15 is 0 Å². The van der Waals surface area contributed by atoms with E-state index in [4.69, 9.17) is 10.5 Å². The first-order valence-electron chi connectivity index (χ1n) is 13.2. The number of ether oxygens (including phenoxy) is 1. The van der Waals surface area contributed by atoms with Gasteiger partial charge in [-0.05, 0) is 59.4 Å². The van der Waals surface area contributed by atoms with Crippen LogP contribution in [0.15, 0.2) is 67.0 Å². The molecule has 7 nitrogen and oxygen atoms in total. The summed E-state index contributed by atoms with van der Waals surface area (Å²) < 4.78 is 45.0. The zero-order chi connectivity index (χ0) is 28.9. The minimum absolute atomic E-state index is 0.174. The van der Waals surface area contributed by atoms with Gasteiger partial charge in [0.2, 0.25) is 0 Å². The lowest BCUT2D eigenvalue weighted by atomic mass is 9.92. The average molecular weight is 557 g/mol. The number of nitrogens with zero attached hydrogens (tertiary/aromatic N) is 3. The van der Waals surface area contributed by atoms with Gasteiger partial charge in [-0.1, -0.05) is 42.5 Å². The summed E-state index contributed by atoms with van der Waals surface area (Å²) in [7, 11) is 0. The molecule has 0 amide bonds. The molecule has 0 saturated carbocycles. The molecule has 2 aromatic carbocycles. The van der Waals surface area contributed by atoms with E-state index in [2.05, 4.69) is 20.9 Å². The van der Waals surface area contributed by atoms with Gasteiger partial charge in [0, 0.05) is 51.7 Å². The first-order chi connectivity index (χ1) is 19.0. The predicted molar refractivity (Wildman–Crippen MR) is 146 cm³/mol. The number of piperazine rings is 1. The Balaban J connectivity index is 1.45. The van der Waals surface area contributed by atoms with Crippen LogP contribution in [0.5, 0.6) is 0 Å². The smallest absolute Gasteiger partial charge is 0.421 e. The van der Waals surface area contributed by atoms with Crippen LogP contribution < -0.4 is 5.73 Å². The third-order valence-electron chi connectivity index (χ3n) is 7.35. The lowest BCUT2D eigenvalue weighted by Gasteiger charge is -2.40. The molecule has 1 fully saturated rings. The van der Waals surface area contributed by atoms with Crippen molar-refractivity contribution in [3.8, 4) is 11.1 Å². The van der Waals surface area contributed by atoms with Gasteiger partial charge < -0.3 is 15.6 Å². The summed E-state index contributed by atoms with van der Waals surface area (Å²) >= 11 is 0. The van der Waals surface area contributed by atoms with E-state index in [9.17, 15) is 23.1 Å². The second-order valence-electron chi connectivity index (χ2n) is 10.3. The Morgan fingerprint density at radius 2 is 1.75 bits per heavy atom. The molecular weight excluding hydrogens is 521 g/mol. The van der Waals surface area contributed by atoms with Crippen LogP contribution in [0.4, 0.5) is 13.2 Å². The monoisotopic (exact) mass is 556 g/mol. The molecule has 2 heterocycles. The molecule has 10 heteroatoms. The maximum absolute atomic E-state index is 13.2. The number of carbonyl (C=O) groups excluding carboxylic acids is 1. The summed E-state index contributed by atoms with van der Waals surface area (Å²) in [6, 6.07) is 15.3. The van der Waals surface area contributed by atoms with Crippen molar-refractivity contribution in [1.82, 2.24) is 14.8 Å². The van der Waals surface area contributed by atoms with Gasteiger partial charge in [-0.3, -0.25) is 19.6 Å². The van der Waals surface area contributed by atoms with Crippen molar-refractivity contribution in [2.75, 3.05) is 32.8 Å². The second-order valence-corrected chi connectivity index (χ2v) is 10.3. The molecule has 3 aromatic rings. The molecule has 0 spiro atoms. The van der Waals surface area contributed by atoms with E-state index in [-0.39, 0.29) is 24.7 Å². The molecule has 0 bridgehead atoms. The fourth-order valence-corrected chi connectivity index (χ4v) is 4.96. The highest BCUT2D eigenvalue weighted by Gasteiger charge is 2.51. The largest absolute Gasteiger partial charge is 0.463 e. The average Bonchev–Trinajstić information content (AvgIpc) is 2.92. The zero-order valence-corrected chi connectivity index (χ0v) is 22.7. The Morgan fingerprint density at radius 3 is 2.38 bits per heavy atom. The van der Waals surface area contributed by atoms with Crippen LogP contribution in [0.3, 0.4) is 0 Å². The van der Waals surface area contributed by atoms with Crippen LogP contribution in [0.1, 0.15) is 29.2 Å². The maximum atomic E-state index is 13.2. The molecule has 1 aromatic heterocycles. The van der Waals surface area contributed by atoms with Crippen molar-refractivity contribution < 1.29 is 27.8 Å². The van der Waals surface area contributed by atoms with Crippen molar-refractivity contribution in [2.45, 2.75) is 44.8 Å². The molecule has 214 valence electrons. The molecule has 4 rings (SSSR count). The normalized spacial score (nSPS) is 18.3. The Kier molecular flexibility index (Phi) is 9.25. The van der Waals surface area contributed by atoms with E-state index in [0.717, 1.165) is 41.3 Å². The van der Waals surface area contributed by atoms with Crippen molar-refractivity contribution in [2.24, 2.45) is 5.73 Å². The summed E-state index contributed by atoms with van der Waals surface area (Å²) in [6.07, 6.45) is -1.30. The summed E-state index contributed by atoms with van der Waals surface area (Å²) in [6.45, 7) is 6.37. The number of alkyl halides is 3. The first-order valence-corrected chi connectivity index (χ1v) is 13.2. The molecule has 3 N–H and O–H groups in total. The molecule has 40 heavy (non-hydrogen) atoms. The van der Waals surface area contributed by atoms with Crippen molar-refractivity contribution >= 4 is 5.97 Å². The van der Waals surface area contributed by atoms with E-state index in [1.165, 1.54) is 12.1 Å². The van der Waals surface area contributed by atoms with Crippen LogP contribution in [-0.2, 0) is 28.2 Å². The van der Waals surface area contributed by atoms with Gasteiger partial charge in [0.15, 0.2) is 5.60 Å². The van der Waals surface area contributed by atoms with Crippen molar-refractivity contribution in [1.29, 1.82) is 0 Å². The molecular formula is C30H35F3N4O3. The van der Waals surface area contributed by atoms with Gasteiger partial charge in [0.05, 0.1) is 0 Å². The predicted octanol–water partition coefficient (Wildman–Crippen LogP) is 4.02. The number of aryl methyl sites for hydroxylation is 1. The highest BCUT2D eigenvalue weighted by molar-refractivity contribution is 5.76. The number of rotatable bonds is 9. The highest BCUT2D eigenvalue weighted by Crippen LogP contribution is 2.39. The van der Waals surface area contributed by atoms with E-state index in [1.807, 2.05) is 31.2 Å². The maximum Gasteiger partial charge on any atom is 0.421 e. The van der Waals surface area contributed by atoms with Crippen LogP contribution in [0.25, 0.3) is 11.1 Å². The highest BCUT2D eigenvalue weighted by atomic mass is 19.4. The molecule has 0 radical (unpaired) electrons. The molecule has 1 saturated heterocycles. The molecule has 2 atom stereocenters. The SMILES string of the molecule is Cc1cc(CN2CCN(Cc3ccncc3)[C@H](C(=O)OCCN)C2)ccc1-c1ccc(C(C)(O)C(F)(F)F)cc1. The minimum Gasteiger partial charge on any atom is -0.463 e. The number of esters is 1. The van der Waals surface area contributed by atoms with E-state index < -0.39 is 17.8 Å². The number of carbonyl (C=O) groups is 1. The fourth-order valence-electron chi connectivity index (χ4n) is 4.96. The summed E-state index contributed by atoms with van der Waals surface area (Å²) in [5.74, 6) is -0.288. The Bertz CT molecular complexity index is 1280. The Hall–Kier alpha value is -3.31. The third-order valence-corrected chi connectivity index (χ3v) is 7.35. The fraction of sp³-hybridized carbons (Fsp3) is 0.400. The van der Waals surface area contributed by atoms with Crippen LogP contribution in [0, 0.1) is 6.92 Å². The van der Waals surface area contributed by atoms with E-state index in [1.54, 1.807) is 24.5 Å².